The lowest BCUT2D eigenvalue weighted by Gasteiger charge is -2.15. The lowest BCUT2D eigenvalue weighted by molar-refractivity contribution is 0.553. The second kappa shape index (κ2) is 7.85. The normalized spacial score (nSPS) is 14.5. The summed E-state index contributed by atoms with van der Waals surface area (Å²) in [5, 5.41) is 4.04. The van der Waals surface area contributed by atoms with Gasteiger partial charge in [-0.1, -0.05) is 43.6 Å². The fourth-order valence-corrected chi connectivity index (χ4v) is 3.48. The highest BCUT2D eigenvalue weighted by Crippen LogP contribution is 2.17. The molecule has 96 valence electrons. The molecular formula is C13H20ClNOS. The number of halogens is 1. The molecule has 0 spiro atoms. The summed E-state index contributed by atoms with van der Waals surface area (Å²) in [7, 11) is -0.860. The molecule has 0 saturated carbocycles. The Hall–Kier alpha value is -0.380. The van der Waals surface area contributed by atoms with E-state index in [0.717, 1.165) is 18.5 Å². The molecule has 0 fully saturated rings. The van der Waals surface area contributed by atoms with Crippen LogP contribution in [0.15, 0.2) is 24.3 Å². The van der Waals surface area contributed by atoms with Gasteiger partial charge in [0, 0.05) is 27.6 Å². The van der Waals surface area contributed by atoms with Crippen LogP contribution in [0.25, 0.3) is 0 Å². The van der Waals surface area contributed by atoms with E-state index in [1.807, 2.05) is 24.3 Å². The Labute approximate surface area is 111 Å². The third-order valence-corrected chi connectivity index (χ3v) is 4.42. The Kier molecular flexibility index (Phi) is 6.78. The van der Waals surface area contributed by atoms with Gasteiger partial charge < -0.3 is 5.32 Å². The van der Waals surface area contributed by atoms with Gasteiger partial charge in [0.25, 0.3) is 0 Å². The SMILES string of the molecule is CCNC(CC)CS(=O)Cc1ccccc1Cl. The predicted molar refractivity (Wildman–Crippen MR) is 75.9 cm³/mol. The molecule has 2 atom stereocenters. The predicted octanol–water partition coefficient (Wildman–Crippen LogP) is 2.98. The smallest absolute Gasteiger partial charge is 0.0501 e. The van der Waals surface area contributed by atoms with Crippen LogP contribution >= 0.6 is 11.6 Å². The molecule has 0 aliphatic carbocycles. The van der Waals surface area contributed by atoms with Crippen molar-refractivity contribution in [3.05, 3.63) is 34.9 Å². The van der Waals surface area contributed by atoms with E-state index in [-0.39, 0.29) is 0 Å². The third kappa shape index (κ3) is 5.19. The van der Waals surface area contributed by atoms with Gasteiger partial charge in [0.05, 0.1) is 5.75 Å². The molecule has 0 radical (unpaired) electrons. The van der Waals surface area contributed by atoms with Crippen molar-refractivity contribution in [2.75, 3.05) is 12.3 Å². The summed E-state index contributed by atoms with van der Waals surface area (Å²) in [5.41, 5.74) is 0.971. The Morgan fingerprint density at radius 2 is 2.06 bits per heavy atom. The van der Waals surface area contributed by atoms with Gasteiger partial charge in [0.1, 0.15) is 0 Å². The van der Waals surface area contributed by atoms with E-state index in [0.29, 0.717) is 22.6 Å². The topological polar surface area (TPSA) is 29.1 Å². The fraction of sp³-hybridized carbons (Fsp3) is 0.538. The van der Waals surface area contributed by atoms with Crippen molar-refractivity contribution in [1.29, 1.82) is 0 Å². The van der Waals surface area contributed by atoms with Crippen LogP contribution in [0, 0.1) is 0 Å². The van der Waals surface area contributed by atoms with Crippen LogP contribution < -0.4 is 5.32 Å². The van der Waals surface area contributed by atoms with Gasteiger partial charge in [-0.15, -0.1) is 0 Å². The van der Waals surface area contributed by atoms with Gasteiger partial charge in [-0.3, -0.25) is 4.21 Å². The van der Waals surface area contributed by atoms with Gasteiger partial charge >= 0.3 is 0 Å². The number of hydrogen-bond donors (Lipinski definition) is 1. The minimum Gasteiger partial charge on any atom is -0.313 e. The highest BCUT2D eigenvalue weighted by atomic mass is 35.5. The highest BCUT2D eigenvalue weighted by molar-refractivity contribution is 7.84. The summed E-state index contributed by atoms with van der Waals surface area (Å²) >= 11 is 6.05. The second-order valence-corrected chi connectivity index (χ2v) is 5.91. The third-order valence-electron chi connectivity index (χ3n) is 2.65. The minimum absolute atomic E-state index is 0.336. The summed E-state index contributed by atoms with van der Waals surface area (Å²) < 4.78 is 12.0. The van der Waals surface area contributed by atoms with Gasteiger partial charge in [0.2, 0.25) is 0 Å². The van der Waals surface area contributed by atoms with E-state index in [9.17, 15) is 4.21 Å². The first-order valence-electron chi connectivity index (χ1n) is 5.99. The summed E-state index contributed by atoms with van der Waals surface area (Å²) in [6, 6.07) is 7.94. The van der Waals surface area contributed by atoms with Crippen LogP contribution in [0.5, 0.6) is 0 Å². The van der Waals surface area contributed by atoms with E-state index in [2.05, 4.69) is 19.2 Å². The van der Waals surface area contributed by atoms with Crippen molar-refractivity contribution in [3.8, 4) is 0 Å². The largest absolute Gasteiger partial charge is 0.313 e. The fourth-order valence-electron chi connectivity index (χ4n) is 1.68. The second-order valence-electron chi connectivity index (χ2n) is 4.01. The van der Waals surface area contributed by atoms with Gasteiger partial charge in [-0.05, 0) is 24.6 Å². The molecule has 0 heterocycles. The van der Waals surface area contributed by atoms with Gasteiger partial charge in [0.15, 0.2) is 0 Å². The minimum atomic E-state index is -0.860. The van der Waals surface area contributed by atoms with Crippen molar-refractivity contribution < 1.29 is 4.21 Å². The molecule has 2 unspecified atom stereocenters. The van der Waals surface area contributed by atoms with Crippen molar-refractivity contribution in [3.63, 3.8) is 0 Å². The first-order chi connectivity index (χ1) is 8.17. The quantitative estimate of drug-likeness (QED) is 0.828. The molecule has 1 aromatic rings. The number of nitrogens with one attached hydrogen (secondary N) is 1. The molecule has 0 saturated heterocycles. The van der Waals surface area contributed by atoms with Crippen molar-refractivity contribution in [2.45, 2.75) is 32.1 Å². The van der Waals surface area contributed by atoms with E-state index in [4.69, 9.17) is 11.6 Å². The highest BCUT2D eigenvalue weighted by Gasteiger charge is 2.11. The Bertz CT molecular complexity index is 370. The molecule has 0 aromatic heterocycles. The number of rotatable bonds is 7. The van der Waals surface area contributed by atoms with Crippen LogP contribution in [-0.4, -0.2) is 22.5 Å². The van der Waals surface area contributed by atoms with Crippen LogP contribution in [-0.2, 0) is 16.6 Å². The van der Waals surface area contributed by atoms with Crippen molar-refractivity contribution >= 4 is 22.4 Å². The average Bonchev–Trinajstić information content (AvgIpc) is 2.31. The lowest BCUT2D eigenvalue weighted by atomic mass is 10.2. The number of benzene rings is 1. The van der Waals surface area contributed by atoms with Gasteiger partial charge in [-0.25, -0.2) is 0 Å². The van der Waals surface area contributed by atoms with Crippen molar-refractivity contribution in [1.82, 2.24) is 5.32 Å². The van der Waals surface area contributed by atoms with Crippen LogP contribution in [0.1, 0.15) is 25.8 Å². The summed E-state index contributed by atoms with van der Waals surface area (Å²) in [6.45, 7) is 5.10. The molecule has 4 heteroatoms. The molecule has 0 aliphatic heterocycles. The molecule has 1 N–H and O–H groups in total. The first-order valence-corrected chi connectivity index (χ1v) is 7.85. The molecule has 17 heavy (non-hydrogen) atoms. The molecular weight excluding hydrogens is 254 g/mol. The van der Waals surface area contributed by atoms with Crippen molar-refractivity contribution in [2.24, 2.45) is 0 Å². The van der Waals surface area contributed by atoms with E-state index in [1.54, 1.807) is 0 Å². The Morgan fingerprint density at radius 1 is 1.35 bits per heavy atom. The van der Waals surface area contributed by atoms with E-state index >= 15 is 0 Å². The Morgan fingerprint density at radius 3 is 2.65 bits per heavy atom. The standard InChI is InChI=1S/C13H20ClNOS/c1-3-12(15-4-2)10-17(16)9-11-7-5-6-8-13(11)14/h5-8,12,15H,3-4,9-10H2,1-2H3. The van der Waals surface area contributed by atoms with Gasteiger partial charge in [-0.2, -0.15) is 0 Å². The lowest BCUT2D eigenvalue weighted by Crippen LogP contribution is -2.33. The van der Waals surface area contributed by atoms with E-state index < -0.39 is 10.8 Å². The first kappa shape index (κ1) is 14.7. The van der Waals surface area contributed by atoms with Crippen LogP contribution in [0.4, 0.5) is 0 Å². The zero-order valence-electron chi connectivity index (χ0n) is 10.4. The molecule has 0 aliphatic rings. The molecule has 2 nitrogen and oxygen atoms in total. The monoisotopic (exact) mass is 273 g/mol. The molecule has 0 bridgehead atoms. The van der Waals surface area contributed by atoms with Crippen LogP contribution in [0.2, 0.25) is 5.02 Å². The molecule has 1 rings (SSSR count). The molecule has 1 aromatic carbocycles. The van der Waals surface area contributed by atoms with E-state index in [1.165, 1.54) is 0 Å². The number of hydrogen-bond acceptors (Lipinski definition) is 2. The zero-order valence-corrected chi connectivity index (χ0v) is 12.0. The summed E-state index contributed by atoms with van der Waals surface area (Å²) in [6.07, 6.45) is 1.00. The Balaban J connectivity index is 2.52. The summed E-state index contributed by atoms with van der Waals surface area (Å²) in [4.78, 5) is 0. The average molecular weight is 274 g/mol. The molecule has 0 amide bonds. The maximum atomic E-state index is 12.0. The zero-order chi connectivity index (χ0) is 12.7. The maximum absolute atomic E-state index is 12.0. The summed E-state index contributed by atoms with van der Waals surface area (Å²) in [5.74, 6) is 1.23. The van der Waals surface area contributed by atoms with Crippen LogP contribution in [0.3, 0.4) is 0 Å². The maximum Gasteiger partial charge on any atom is 0.0501 e.